The molecule has 1 unspecified atom stereocenters. The molecule has 0 aliphatic carbocycles. The maximum Gasteiger partial charge on any atom is 0.251 e. The third-order valence-electron chi connectivity index (χ3n) is 3.99. The average molecular weight is 538 g/mol. The fourth-order valence-corrected chi connectivity index (χ4v) is 4.58. The SMILES string of the molecule is C=C(C)C#CCNC(=O)COCCOC(COc1cccc(C(=O)NCCNC)c1)SSC(C)(C)C. The molecule has 0 heterocycles. The van der Waals surface area contributed by atoms with E-state index < -0.39 is 0 Å². The van der Waals surface area contributed by atoms with E-state index in [9.17, 15) is 9.59 Å². The summed E-state index contributed by atoms with van der Waals surface area (Å²) in [5, 5.41) is 8.51. The normalized spacial score (nSPS) is 11.7. The molecule has 0 aliphatic rings. The van der Waals surface area contributed by atoms with Crippen LogP contribution >= 0.6 is 21.6 Å². The number of hydrogen-bond acceptors (Lipinski definition) is 8. The highest BCUT2D eigenvalue weighted by Gasteiger charge is 2.18. The molecular weight excluding hydrogens is 498 g/mol. The number of nitrogens with one attached hydrogen (secondary N) is 3. The van der Waals surface area contributed by atoms with Crippen LogP contribution in [0, 0.1) is 11.8 Å². The van der Waals surface area contributed by atoms with Crippen molar-refractivity contribution in [3.05, 3.63) is 42.0 Å². The Labute approximate surface area is 223 Å². The lowest BCUT2D eigenvalue weighted by atomic mass is 10.2. The third kappa shape index (κ3) is 16.5. The molecule has 0 aromatic heterocycles. The second kappa shape index (κ2) is 18.1. The zero-order chi connectivity index (χ0) is 26.8. The lowest BCUT2D eigenvalue weighted by Crippen LogP contribution is -2.30. The van der Waals surface area contributed by atoms with Crippen LogP contribution < -0.4 is 20.7 Å². The summed E-state index contributed by atoms with van der Waals surface area (Å²) in [5.41, 5.74) is 1.02. The van der Waals surface area contributed by atoms with Crippen molar-refractivity contribution in [1.82, 2.24) is 16.0 Å². The number of carbonyl (C=O) groups excluding carboxylic acids is 2. The van der Waals surface area contributed by atoms with E-state index in [4.69, 9.17) is 14.2 Å². The van der Waals surface area contributed by atoms with E-state index in [1.165, 1.54) is 0 Å². The second-order valence-electron chi connectivity index (χ2n) is 8.70. The molecule has 0 fully saturated rings. The lowest BCUT2D eigenvalue weighted by molar-refractivity contribution is -0.126. The molecule has 36 heavy (non-hydrogen) atoms. The van der Waals surface area contributed by atoms with Crippen LogP contribution in [0.2, 0.25) is 0 Å². The smallest absolute Gasteiger partial charge is 0.251 e. The van der Waals surface area contributed by atoms with Crippen LogP contribution in [0.5, 0.6) is 5.75 Å². The van der Waals surface area contributed by atoms with Crippen LogP contribution in [0.25, 0.3) is 0 Å². The number of hydrogen-bond donors (Lipinski definition) is 3. The number of rotatable bonds is 16. The first kappa shape index (κ1) is 31.9. The van der Waals surface area contributed by atoms with Crippen molar-refractivity contribution < 1.29 is 23.8 Å². The Morgan fingerprint density at radius 3 is 2.64 bits per heavy atom. The van der Waals surface area contributed by atoms with Gasteiger partial charge in [-0.3, -0.25) is 9.59 Å². The third-order valence-corrected chi connectivity index (χ3v) is 7.50. The van der Waals surface area contributed by atoms with Gasteiger partial charge in [-0.05, 0) is 37.7 Å². The van der Waals surface area contributed by atoms with Crippen molar-refractivity contribution in [2.45, 2.75) is 37.9 Å². The first-order valence-electron chi connectivity index (χ1n) is 11.7. The van der Waals surface area contributed by atoms with Crippen molar-refractivity contribution in [3.8, 4) is 17.6 Å². The summed E-state index contributed by atoms with van der Waals surface area (Å²) in [6, 6.07) is 7.07. The van der Waals surface area contributed by atoms with Crippen LogP contribution in [0.4, 0.5) is 0 Å². The monoisotopic (exact) mass is 537 g/mol. The second-order valence-corrected chi connectivity index (χ2v) is 11.9. The summed E-state index contributed by atoms with van der Waals surface area (Å²) in [6.07, 6.45) is 0. The molecule has 8 nitrogen and oxygen atoms in total. The van der Waals surface area contributed by atoms with Crippen molar-refractivity contribution in [1.29, 1.82) is 0 Å². The van der Waals surface area contributed by atoms with Gasteiger partial charge in [-0.25, -0.2) is 0 Å². The Hall–Kier alpha value is -2.16. The summed E-state index contributed by atoms with van der Waals surface area (Å²) in [7, 11) is 5.11. The first-order valence-corrected chi connectivity index (χ1v) is 13.9. The van der Waals surface area contributed by atoms with Crippen LogP contribution in [-0.2, 0) is 14.3 Å². The van der Waals surface area contributed by atoms with E-state index in [1.807, 2.05) is 13.1 Å². The molecule has 3 N–H and O–H groups in total. The molecule has 0 spiro atoms. The number of amides is 2. The summed E-state index contributed by atoms with van der Waals surface area (Å²) >= 11 is 0. The molecule has 1 aromatic carbocycles. The van der Waals surface area contributed by atoms with E-state index in [1.54, 1.807) is 46.7 Å². The van der Waals surface area contributed by atoms with Gasteiger partial charge in [0.1, 0.15) is 24.4 Å². The van der Waals surface area contributed by atoms with Crippen molar-refractivity contribution in [2.24, 2.45) is 0 Å². The largest absolute Gasteiger partial charge is 0.490 e. The van der Waals surface area contributed by atoms with Gasteiger partial charge in [-0.15, -0.1) is 0 Å². The average Bonchev–Trinajstić information content (AvgIpc) is 2.82. The van der Waals surface area contributed by atoms with E-state index in [2.05, 4.69) is 55.1 Å². The molecule has 0 aliphatic heterocycles. The van der Waals surface area contributed by atoms with Crippen LogP contribution in [-0.4, -0.2) is 75.1 Å². The number of ether oxygens (including phenoxy) is 3. The Kier molecular flexibility index (Phi) is 16.1. The highest BCUT2D eigenvalue weighted by molar-refractivity contribution is 8.77. The van der Waals surface area contributed by atoms with Gasteiger partial charge in [0.05, 0.1) is 19.8 Å². The highest BCUT2D eigenvalue weighted by Crippen LogP contribution is 2.38. The summed E-state index contributed by atoms with van der Waals surface area (Å²) in [5.74, 6) is 5.80. The molecule has 1 atom stereocenters. The predicted molar refractivity (Wildman–Crippen MR) is 149 cm³/mol. The van der Waals surface area contributed by atoms with Gasteiger partial charge in [0.2, 0.25) is 5.91 Å². The minimum Gasteiger partial charge on any atom is -0.490 e. The number of benzene rings is 1. The number of likely N-dealkylation sites (N-methyl/N-ethyl adjacent to an activating group) is 1. The van der Waals surface area contributed by atoms with Crippen molar-refractivity contribution >= 4 is 33.4 Å². The van der Waals surface area contributed by atoms with Gasteiger partial charge in [0.25, 0.3) is 5.91 Å². The minimum absolute atomic E-state index is 0.0409. The minimum atomic E-state index is -0.266. The van der Waals surface area contributed by atoms with Crippen molar-refractivity contribution in [3.63, 3.8) is 0 Å². The van der Waals surface area contributed by atoms with E-state index in [0.29, 0.717) is 37.6 Å². The fourth-order valence-electron chi connectivity index (χ4n) is 2.39. The van der Waals surface area contributed by atoms with Gasteiger partial charge < -0.3 is 30.2 Å². The summed E-state index contributed by atoms with van der Waals surface area (Å²) < 4.78 is 17.3. The molecule has 0 saturated heterocycles. The zero-order valence-electron chi connectivity index (χ0n) is 21.9. The molecule has 1 rings (SSSR count). The molecule has 0 radical (unpaired) electrons. The summed E-state index contributed by atoms with van der Waals surface area (Å²) in [6.45, 7) is 14.2. The standard InChI is InChI=1S/C26H39N3O5S2/c1-20(2)9-8-12-28-23(30)18-32-15-16-33-24(35-36-26(3,4)5)19-34-22-11-7-10-21(17-22)25(31)29-14-13-27-6/h7,10-11,17,24,27H,1,12-16,18-19H2,2-6H3,(H,28,30)(H,29,31). The Balaban J connectivity index is 2.50. The molecule has 200 valence electrons. The van der Waals surface area contributed by atoms with Crippen LogP contribution in [0.1, 0.15) is 38.1 Å². The maximum absolute atomic E-state index is 12.3. The highest BCUT2D eigenvalue weighted by atomic mass is 33.1. The van der Waals surface area contributed by atoms with Crippen molar-refractivity contribution in [2.75, 3.05) is 53.1 Å². The number of allylic oxidation sites excluding steroid dienone is 1. The predicted octanol–water partition coefficient (Wildman–Crippen LogP) is 3.25. The Bertz CT molecular complexity index is 894. The van der Waals surface area contributed by atoms with Gasteiger partial charge in [0.15, 0.2) is 0 Å². The fraction of sp³-hybridized carbons (Fsp3) is 0.538. The molecular formula is C26H39N3O5S2. The lowest BCUT2D eigenvalue weighted by Gasteiger charge is -2.22. The summed E-state index contributed by atoms with van der Waals surface area (Å²) in [4.78, 5) is 24.1. The molecule has 10 heteroatoms. The first-order chi connectivity index (χ1) is 17.1. The van der Waals surface area contributed by atoms with E-state index in [-0.39, 0.29) is 41.8 Å². The maximum atomic E-state index is 12.3. The van der Waals surface area contributed by atoms with Gasteiger partial charge in [-0.1, -0.05) is 66.8 Å². The molecule has 2 amide bonds. The number of carbonyl (C=O) groups is 2. The molecule has 0 bridgehead atoms. The Morgan fingerprint density at radius 1 is 1.17 bits per heavy atom. The van der Waals surface area contributed by atoms with E-state index >= 15 is 0 Å². The van der Waals surface area contributed by atoms with E-state index in [0.717, 1.165) is 5.57 Å². The van der Waals surface area contributed by atoms with Gasteiger partial charge in [0, 0.05) is 23.4 Å². The van der Waals surface area contributed by atoms with Crippen LogP contribution in [0.3, 0.4) is 0 Å². The molecule has 1 aromatic rings. The van der Waals surface area contributed by atoms with Gasteiger partial charge >= 0.3 is 0 Å². The molecule has 0 saturated carbocycles. The quantitative estimate of drug-likeness (QED) is 0.128. The van der Waals surface area contributed by atoms with Crippen LogP contribution in [0.15, 0.2) is 36.4 Å². The Morgan fingerprint density at radius 2 is 1.94 bits per heavy atom. The van der Waals surface area contributed by atoms with Gasteiger partial charge in [-0.2, -0.15) is 0 Å². The zero-order valence-corrected chi connectivity index (χ0v) is 23.5. The topological polar surface area (TPSA) is 97.9 Å².